The van der Waals surface area contributed by atoms with E-state index >= 15 is 0 Å². The molecule has 0 spiro atoms. The van der Waals surface area contributed by atoms with Crippen molar-refractivity contribution in [3.8, 4) is 0 Å². The molecule has 0 radical (unpaired) electrons. The van der Waals surface area contributed by atoms with Gasteiger partial charge in [0.1, 0.15) is 5.76 Å². The molecule has 1 rings (SSSR count). The first kappa shape index (κ1) is 11.7. The topological polar surface area (TPSA) is 83.6 Å². The van der Waals surface area contributed by atoms with E-state index in [1.807, 2.05) is 13.8 Å². The summed E-state index contributed by atoms with van der Waals surface area (Å²) in [6, 6.07) is 1.68. The molecule has 2 N–H and O–H groups in total. The van der Waals surface area contributed by atoms with Gasteiger partial charge in [0, 0.05) is 17.9 Å². The second kappa shape index (κ2) is 4.44. The van der Waals surface area contributed by atoms with Gasteiger partial charge in [-0.2, -0.15) is 0 Å². The third kappa shape index (κ3) is 2.56. The fourth-order valence-electron chi connectivity index (χ4n) is 1.17. The van der Waals surface area contributed by atoms with Crippen molar-refractivity contribution in [2.24, 2.45) is 0 Å². The molecular formula is C10H15NO4. The Morgan fingerprint density at radius 2 is 2.07 bits per heavy atom. The highest BCUT2D eigenvalue weighted by atomic mass is 16.5. The van der Waals surface area contributed by atoms with Crippen molar-refractivity contribution in [3.05, 3.63) is 17.5 Å². The standard InChI is InChI=1S/C10H15NO4/c1-5(2)8-4-7(11-15-8)6(3)9(12)10(13)14/h4-6,9,12H,1-3H3,(H,13,14). The Balaban J connectivity index is 2.82. The maximum atomic E-state index is 10.5. The first-order valence-electron chi connectivity index (χ1n) is 4.80. The predicted molar refractivity (Wildman–Crippen MR) is 52.6 cm³/mol. The Bertz CT molecular complexity index is 345. The van der Waals surface area contributed by atoms with Gasteiger partial charge in [-0.05, 0) is 0 Å². The van der Waals surface area contributed by atoms with Gasteiger partial charge in [0.2, 0.25) is 0 Å². The molecular weight excluding hydrogens is 198 g/mol. The van der Waals surface area contributed by atoms with E-state index < -0.39 is 18.0 Å². The maximum Gasteiger partial charge on any atom is 0.333 e. The lowest BCUT2D eigenvalue weighted by molar-refractivity contribution is -0.147. The molecule has 1 heterocycles. The molecule has 15 heavy (non-hydrogen) atoms. The van der Waals surface area contributed by atoms with Crippen LogP contribution in [0.3, 0.4) is 0 Å². The molecule has 84 valence electrons. The Morgan fingerprint density at radius 3 is 2.47 bits per heavy atom. The van der Waals surface area contributed by atoms with Crippen molar-refractivity contribution in [1.82, 2.24) is 5.16 Å². The zero-order valence-electron chi connectivity index (χ0n) is 8.97. The highest BCUT2D eigenvalue weighted by Crippen LogP contribution is 2.22. The minimum Gasteiger partial charge on any atom is -0.479 e. The summed E-state index contributed by atoms with van der Waals surface area (Å²) < 4.78 is 5.02. The van der Waals surface area contributed by atoms with Crippen LogP contribution in [0.2, 0.25) is 0 Å². The largest absolute Gasteiger partial charge is 0.479 e. The van der Waals surface area contributed by atoms with Crippen LogP contribution < -0.4 is 0 Å². The monoisotopic (exact) mass is 213 g/mol. The molecule has 0 aliphatic heterocycles. The van der Waals surface area contributed by atoms with Gasteiger partial charge in [-0.1, -0.05) is 25.9 Å². The number of hydrogen-bond acceptors (Lipinski definition) is 4. The van der Waals surface area contributed by atoms with E-state index in [9.17, 15) is 9.90 Å². The predicted octanol–water partition coefficient (Wildman–Crippen LogP) is 1.35. The molecule has 5 nitrogen and oxygen atoms in total. The summed E-state index contributed by atoms with van der Waals surface area (Å²) in [5, 5.41) is 21.7. The van der Waals surface area contributed by atoms with Crippen LogP contribution in [0.5, 0.6) is 0 Å². The van der Waals surface area contributed by atoms with E-state index in [1.165, 1.54) is 0 Å². The van der Waals surface area contributed by atoms with Crippen molar-refractivity contribution in [2.75, 3.05) is 0 Å². The van der Waals surface area contributed by atoms with Crippen molar-refractivity contribution < 1.29 is 19.5 Å². The molecule has 0 aliphatic rings. The highest BCUT2D eigenvalue weighted by molar-refractivity contribution is 5.73. The smallest absolute Gasteiger partial charge is 0.333 e. The minimum absolute atomic E-state index is 0.195. The third-order valence-electron chi connectivity index (χ3n) is 2.31. The fraction of sp³-hybridized carbons (Fsp3) is 0.600. The number of aliphatic hydroxyl groups is 1. The maximum absolute atomic E-state index is 10.5. The highest BCUT2D eigenvalue weighted by Gasteiger charge is 2.26. The SMILES string of the molecule is CC(C)c1cc(C(C)C(O)C(=O)O)no1. The third-order valence-corrected chi connectivity index (χ3v) is 2.31. The zero-order chi connectivity index (χ0) is 11.6. The Kier molecular flexibility index (Phi) is 3.47. The van der Waals surface area contributed by atoms with Crippen LogP contribution >= 0.6 is 0 Å². The van der Waals surface area contributed by atoms with E-state index in [2.05, 4.69) is 5.16 Å². The molecule has 0 saturated heterocycles. The number of hydrogen-bond donors (Lipinski definition) is 2. The molecule has 5 heteroatoms. The van der Waals surface area contributed by atoms with Gasteiger partial charge >= 0.3 is 5.97 Å². The summed E-state index contributed by atoms with van der Waals surface area (Å²) in [5.41, 5.74) is 0.466. The van der Waals surface area contributed by atoms with Crippen LogP contribution in [-0.2, 0) is 4.79 Å². The van der Waals surface area contributed by atoms with Crippen LogP contribution in [0.25, 0.3) is 0 Å². The summed E-state index contributed by atoms with van der Waals surface area (Å²) in [6.07, 6.45) is -1.45. The van der Waals surface area contributed by atoms with Crippen molar-refractivity contribution in [1.29, 1.82) is 0 Å². The molecule has 0 saturated carbocycles. The second-order valence-electron chi connectivity index (χ2n) is 3.88. The number of carbonyl (C=O) groups is 1. The average Bonchev–Trinajstić information content (AvgIpc) is 2.64. The number of aromatic nitrogens is 1. The van der Waals surface area contributed by atoms with Gasteiger partial charge in [-0.25, -0.2) is 4.79 Å². The second-order valence-corrected chi connectivity index (χ2v) is 3.88. The minimum atomic E-state index is -1.45. The van der Waals surface area contributed by atoms with Gasteiger partial charge in [-0.3, -0.25) is 0 Å². The molecule has 0 bridgehead atoms. The molecule has 1 aromatic rings. The van der Waals surface area contributed by atoms with E-state index in [-0.39, 0.29) is 5.92 Å². The molecule has 0 amide bonds. The van der Waals surface area contributed by atoms with Gasteiger partial charge in [-0.15, -0.1) is 0 Å². The van der Waals surface area contributed by atoms with Crippen LogP contribution in [0.15, 0.2) is 10.6 Å². The molecule has 0 aliphatic carbocycles. The molecule has 0 aromatic carbocycles. The summed E-state index contributed by atoms with van der Waals surface area (Å²) in [6.45, 7) is 5.49. The lowest BCUT2D eigenvalue weighted by Crippen LogP contribution is -2.25. The van der Waals surface area contributed by atoms with E-state index in [0.29, 0.717) is 11.5 Å². The van der Waals surface area contributed by atoms with Crippen LogP contribution in [0.1, 0.15) is 44.1 Å². The van der Waals surface area contributed by atoms with Gasteiger partial charge < -0.3 is 14.7 Å². The van der Waals surface area contributed by atoms with Gasteiger partial charge in [0.05, 0.1) is 5.69 Å². The summed E-state index contributed by atoms with van der Waals surface area (Å²) >= 11 is 0. The molecule has 1 aromatic heterocycles. The Hall–Kier alpha value is -1.36. The Labute approximate surface area is 87.7 Å². The number of aliphatic hydroxyl groups excluding tert-OH is 1. The number of carboxylic acids is 1. The van der Waals surface area contributed by atoms with Crippen LogP contribution in [0, 0.1) is 0 Å². The lowest BCUT2D eigenvalue weighted by Gasteiger charge is -2.10. The number of rotatable bonds is 4. The van der Waals surface area contributed by atoms with Crippen molar-refractivity contribution in [3.63, 3.8) is 0 Å². The molecule has 2 unspecified atom stereocenters. The number of aliphatic carboxylic acids is 1. The van der Waals surface area contributed by atoms with Crippen molar-refractivity contribution >= 4 is 5.97 Å². The molecule has 0 fully saturated rings. The molecule has 2 atom stereocenters. The normalized spacial score (nSPS) is 15.3. The van der Waals surface area contributed by atoms with E-state index in [0.717, 1.165) is 0 Å². The van der Waals surface area contributed by atoms with Crippen LogP contribution in [0.4, 0.5) is 0 Å². The van der Waals surface area contributed by atoms with Gasteiger partial charge in [0.25, 0.3) is 0 Å². The summed E-state index contributed by atoms with van der Waals surface area (Å²) in [7, 11) is 0. The van der Waals surface area contributed by atoms with E-state index in [1.54, 1.807) is 13.0 Å². The Morgan fingerprint density at radius 1 is 1.47 bits per heavy atom. The van der Waals surface area contributed by atoms with E-state index in [4.69, 9.17) is 9.63 Å². The fourth-order valence-corrected chi connectivity index (χ4v) is 1.17. The van der Waals surface area contributed by atoms with Crippen LogP contribution in [-0.4, -0.2) is 27.4 Å². The first-order valence-corrected chi connectivity index (χ1v) is 4.80. The first-order chi connectivity index (χ1) is 6.93. The average molecular weight is 213 g/mol. The van der Waals surface area contributed by atoms with Gasteiger partial charge in [0.15, 0.2) is 6.10 Å². The summed E-state index contributed by atoms with van der Waals surface area (Å²) in [4.78, 5) is 10.5. The lowest BCUT2D eigenvalue weighted by atomic mass is 10.00. The quantitative estimate of drug-likeness (QED) is 0.788. The zero-order valence-corrected chi connectivity index (χ0v) is 8.97. The number of nitrogens with zero attached hydrogens (tertiary/aromatic N) is 1. The summed E-state index contributed by atoms with van der Waals surface area (Å²) in [5.74, 6) is -0.940. The van der Waals surface area contributed by atoms with Crippen molar-refractivity contribution in [2.45, 2.75) is 38.7 Å². The number of carboxylic acid groups (broad SMARTS) is 1.